The monoisotopic (exact) mass is 127 g/mol. The number of carbonyl (C=O) groups excluding carboxylic acids is 1. The third-order valence-corrected chi connectivity index (χ3v) is 1.92. The van der Waals surface area contributed by atoms with E-state index in [2.05, 4.69) is 0 Å². The summed E-state index contributed by atoms with van der Waals surface area (Å²) >= 11 is 0. The van der Waals surface area contributed by atoms with Gasteiger partial charge < -0.3 is 5.73 Å². The summed E-state index contributed by atoms with van der Waals surface area (Å²) < 4.78 is 0. The van der Waals surface area contributed by atoms with Crippen LogP contribution in [0, 0.1) is 5.92 Å². The van der Waals surface area contributed by atoms with Crippen LogP contribution < -0.4 is 5.73 Å². The Kier molecular flexibility index (Phi) is 2.22. The van der Waals surface area contributed by atoms with E-state index in [0.717, 1.165) is 25.7 Å². The zero-order chi connectivity index (χ0) is 6.69. The van der Waals surface area contributed by atoms with Crippen molar-refractivity contribution in [1.82, 2.24) is 0 Å². The topological polar surface area (TPSA) is 43.1 Å². The van der Waals surface area contributed by atoms with E-state index in [1.165, 1.54) is 0 Å². The lowest BCUT2D eigenvalue weighted by molar-refractivity contribution is -0.121. The number of hydrogen-bond donors (Lipinski definition) is 1. The van der Waals surface area contributed by atoms with Crippen molar-refractivity contribution in [3.63, 3.8) is 0 Å². The summed E-state index contributed by atoms with van der Waals surface area (Å²) in [6.45, 7) is 0.686. The molecule has 0 aromatic heterocycles. The minimum Gasteiger partial charge on any atom is -0.330 e. The Hall–Kier alpha value is -0.370. The van der Waals surface area contributed by atoms with Gasteiger partial charge in [-0.2, -0.15) is 0 Å². The van der Waals surface area contributed by atoms with Crippen molar-refractivity contribution < 1.29 is 4.79 Å². The molecular formula is C7H13NO. The first-order valence-electron chi connectivity index (χ1n) is 3.54. The van der Waals surface area contributed by atoms with Crippen LogP contribution in [0.4, 0.5) is 0 Å². The molecule has 0 aromatic carbocycles. The number of hydrogen-bond acceptors (Lipinski definition) is 2. The van der Waals surface area contributed by atoms with Gasteiger partial charge in [0.2, 0.25) is 0 Å². The molecule has 0 bridgehead atoms. The van der Waals surface area contributed by atoms with E-state index in [4.69, 9.17) is 5.73 Å². The Morgan fingerprint density at radius 2 is 2.44 bits per heavy atom. The standard InChI is InChI=1S/C7H13NO/c8-5-6-2-1-3-7(9)4-6/h6H,1-5,8H2. The molecule has 1 rings (SSSR count). The Bertz CT molecular complexity index is 111. The van der Waals surface area contributed by atoms with Gasteiger partial charge in [-0.3, -0.25) is 4.79 Å². The summed E-state index contributed by atoms with van der Waals surface area (Å²) in [4.78, 5) is 10.8. The van der Waals surface area contributed by atoms with Crippen molar-refractivity contribution in [2.24, 2.45) is 11.7 Å². The normalized spacial score (nSPS) is 28.6. The first-order valence-corrected chi connectivity index (χ1v) is 3.54. The largest absolute Gasteiger partial charge is 0.330 e. The molecule has 1 atom stereocenters. The third kappa shape index (κ3) is 1.79. The second-order valence-electron chi connectivity index (χ2n) is 2.74. The first-order chi connectivity index (χ1) is 4.33. The van der Waals surface area contributed by atoms with E-state index >= 15 is 0 Å². The number of carbonyl (C=O) groups is 1. The Balaban J connectivity index is 2.32. The molecule has 0 aliphatic heterocycles. The van der Waals surface area contributed by atoms with Gasteiger partial charge >= 0.3 is 0 Å². The molecule has 0 spiro atoms. The molecule has 0 heterocycles. The van der Waals surface area contributed by atoms with E-state index in [1.54, 1.807) is 0 Å². The maximum absolute atomic E-state index is 10.8. The lowest BCUT2D eigenvalue weighted by Gasteiger charge is -2.17. The van der Waals surface area contributed by atoms with Gasteiger partial charge in [-0.05, 0) is 25.3 Å². The fraction of sp³-hybridized carbons (Fsp3) is 0.857. The summed E-state index contributed by atoms with van der Waals surface area (Å²) in [5.41, 5.74) is 5.41. The van der Waals surface area contributed by atoms with Crippen LogP contribution in [0.15, 0.2) is 0 Å². The van der Waals surface area contributed by atoms with Crippen molar-refractivity contribution in [3.8, 4) is 0 Å². The molecule has 0 aromatic rings. The van der Waals surface area contributed by atoms with Gasteiger partial charge in [0.15, 0.2) is 0 Å². The van der Waals surface area contributed by atoms with Crippen LogP contribution in [0.25, 0.3) is 0 Å². The van der Waals surface area contributed by atoms with E-state index in [0.29, 0.717) is 18.2 Å². The van der Waals surface area contributed by atoms with Gasteiger partial charge in [0.05, 0.1) is 0 Å². The maximum Gasteiger partial charge on any atom is 0.133 e. The Morgan fingerprint density at radius 3 is 2.89 bits per heavy atom. The molecule has 2 heteroatoms. The van der Waals surface area contributed by atoms with Gasteiger partial charge in [-0.15, -0.1) is 0 Å². The van der Waals surface area contributed by atoms with Crippen LogP contribution in [0.5, 0.6) is 0 Å². The molecule has 2 N–H and O–H groups in total. The lowest BCUT2D eigenvalue weighted by atomic mass is 9.89. The van der Waals surface area contributed by atoms with E-state index < -0.39 is 0 Å². The van der Waals surface area contributed by atoms with Crippen molar-refractivity contribution in [2.75, 3.05) is 6.54 Å². The van der Waals surface area contributed by atoms with E-state index in [9.17, 15) is 4.79 Å². The molecule has 52 valence electrons. The summed E-state index contributed by atoms with van der Waals surface area (Å²) in [6.07, 6.45) is 3.73. The van der Waals surface area contributed by atoms with Crippen LogP contribution in [-0.4, -0.2) is 12.3 Å². The second kappa shape index (κ2) is 2.97. The van der Waals surface area contributed by atoms with Crippen molar-refractivity contribution >= 4 is 5.78 Å². The fourth-order valence-electron chi connectivity index (χ4n) is 1.32. The van der Waals surface area contributed by atoms with Crippen molar-refractivity contribution in [1.29, 1.82) is 0 Å². The number of nitrogens with two attached hydrogens (primary N) is 1. The molecule has 2 nitrogen and oxygen atoms in total. The summed E-state index contributed by atoms with van der Waals surface area (Å²) in [5.74, 6) is 0.892. The van der Waals surface area contributed by atoms with Gasteiger partial charge in [0, 0.05) is 12.8 Å². The van der Waals surface area contributed by atoms with E-state index in [1.807, 2.05) is 0 Å². The van der Waals surface area contributed by atoms with Crippen LogP contribution in [0.1, 0.15) is 25.7 Å². The zero-order valence-corrected chi connectivity index (χ0v) is 5.60. The quantitative estimate of drug-likeness (QED) is 0.563. The van der Waals surface area contributed by atoms with Gasteiger partial charge in [-0.1, -0.05) is 0 Å². The van der Waals surface area contributed by atoms with Gasteiger partial charge in [0.1, 0.15) is 5.78 Å². The molecule has 9 heavy (non-hydrogen) atoms. The zero-order valence-electron chi connectivity index (χ0n) is 5.60. The number of rotatable bonds is 1. The molecular weight excluding hydrogens is 114 g/mol. The highest BCUT2D eigenvalue weighted by molar-refractivity contribution is 5.79. The molecule has 1 aliphatic carbocycles. The number of Topliss-reactive ketones (excluding diaryl/α,β-unsaturated/α-hetero) is 1. The van der Waals surface area contributed by atoms with Gasteiger partial charge in [-0.25, -0.2) is 0 Å². The molecule has 1 saturated carbocycles. The SMILES string of the molecule is NCC1CCCC(=O)C1. The van der Waals surface area contributed by atoms with Crippen molar-refractivity contribution in [3.05, 3.63) is 0 Å². The summed E-state index contributed by atoms with van der Waals surface area (Å²) in [7, 11) is 0. The average molecular weight is 127 g/mol. The van der Waals surface area contributed by atoms with E-state index in [-0.39, 0.29) is 0 Å². The minimum absolute atomic E-state index is 0.400. The van der Waals surface area contributed by atoms with Crippen LogP contribution in [-0.2, 0) is 4.79 Å². The highest BCUT2D eigenvalue weighted by Gasteiger charge is 2.17. The minimum atomic E-state index is 0.400. The maximum atomic E-state index is 10.8. The Labute approximate surface area is 55.4 Å². The summed E-state index contributed by atoms with van der Waals surface area (Å²) in [6, 6.07) is 0. The first kappa shape index (κ1) is 6.75. The van der Waals surface area contributed by atoms with Crippen LogP contribution in [0.3, 0.4) is 0 Å². The molecule has 1 unspecified atom stereocenters. The molecule has 0 amide bonds. The molecule has 0 radical (unpaired) electrons. The predicted octanol–water partition coefficient (Wildman–Crippen LogP) is 0.704. The van der Waals surface area contributed by atoms with Gasteiger partial charge in [0.25, 0.3) is 0 Å². The smallest absolute Gasteiger partial charge is 0.133 e. The lowest BCUT2D eigenvalue weighted by Crippen LogP contribution is -2.22. The highest BCUT2D eigenvalue weighted by atomic mass is 16.1. The average Bonchev–Trinajstić information content (AvgIpc) is 1.88. The molecule has 0 saturated heterocycles. The predicted molar refractivity (Wildman–Crippen MR) is 36.0 cm³/mol. The molecule has 1 fully saturated rings. The summed E-state index contributed by atoms with van der Waals surface area (Å²) in [5, 5.41) is 0. The highest BCUT2D eigenvalue weighted by Crippen LogP contribution is 2.19. The Morgan fingerprint density at radius 1 is 1.67 bits per heavy atom. The second-order valence-corrected chi connectivity index (χ2v) is 2.74. The van der Waals surface area contributed by atoms with Crippen LogP contribution >= 0.6 is 0 Å². The molecule has 1 aliphatic rings. The number of ketones is 1. The fourth-order valence-corrected chi connectivity index (χ4v) is 1.32. The van der Waals surface area contributed by atoms with Crippen molar-refractivity contribution in [2.45, 2.75) is 25.7 Å². The third-order valence-electron chi connectivity index (χ3n) is 1.92. The van der Waals surface area contributed by atoms with Crippen LogP contribution in [0.2, 0.25) is 0 Å².